The predicted octanol–water partition coefficient (Wildman–Crippen LogP) is 3.38. The SMILES string of the molecule is CC(=O)c1cc(C)c2c3cc(F)ccc3n(C)c2n1. The highest BCUT2D eigenvalue weighted by molar-refractivity contribution is 6.09. The number of ketones is 1. The Kier molecular flexibility index (Phi) is 2.42. The number of aryl methyl sites for hydroxylation is 2. The van der Waals surface area contributed by atoms with Gasteiger partial charge in [0.05, 0.1) is 5.52 Å². The van der Waals surface area contributed by atoms with E-state index in [0.717, 1.165) is 21.9 Å². The summed E-state index contributed by atoms with van der Waals surface area (Å²) in [6.07, 6.45) is 0. The molecule has 2 aromatic heterocycles. The van der Waals surface area contributed by atoms with Gasteiger partial charge in [-0.3, -0.25) is 4.79 Å². The molecule has 0 saturated carbocycles. The van der Waals surface area contributed by atoms with Gasteiger partial charge in [-0.1, -0.05) is 0 Å². The second-order valence-corrected chi connectivity index (χ2v) is 4.80. The van der Waals surface area contributed by atoms with Crippen molar-refractivity contribution in [3.05, 3.63) is 41.3 Å². The average molecular weight is 256 g/mol. The maximum absolute atomic E-state index is 13.4. The van der Waals surface area contributed by atoms with Crippen LogP contribution in [-0.2, 0) is 7.05 Å². The number of carbonyl (C=O) groups excluding carboxylic acids is 1. The van der Waals surface area contributed by atoms with Crippen LogP contribution in [0.25, 0.3) is 21.9 Å². The van der Waals surface area contributed by atoms with Gasteiger partial charge in [-0.05, 0) is 36.8 Å². The molecule has 0 radical (unpaired) electrons. The van der Waals surface area contributed by atoms with Crippen LogP contribution in [0.2, 0.25) is 0 Å². The monoisotopic (exact) mass is 256 g/mol. The lowest BCUT2D eigenvalue weighted by molar-refractivity contribution is 0.101. The van der Waals surface area contributed by atoms with Crippen LogP contribution in [0.3, 0.4) is 0 Å². The van der Waals surface area contributed by atoms with Gasteiger partial charge in [0, 0.05) is 24.7 Å². The molecule has 4 heteroatoms. The van der Waals surface area contributed by atoms with Gasteiger partial charge in [0.15, 0.2) is 5.78 Å². The standard InChI is InChI=1S/C15H13FN2O/c1-8-6-12(9(2)19)17-15-14(8)11-7-10(16)4-5-13(11)18(15)3/h4-7H,1-3H3. The van der Waals surface area contributed by atoms with Crippen LogP contribution in [0.4, 0.5) is 4.39 Å². The summed E-state index contributed by atoms with van der Waals surface area (Å²) in [7, 11) is 1.87. The van der Waals surface area contributed by atoms with Crippen LogP contribution in [0.5, 0.6) is 0 Å². The molecule has 0 bridgehead atoms. The van der Waals surface area contributed by atoms with E-state index in [9.17, 15) is 9.18 Å². The Morgan fingerprint density at radius 3 is 2.74 bits per heavy atom. The number of fused-ring (bicyclic) bond motifs is 3. The molecule has 0 saturated heterocycles. The molecule has 3 aromatic rings. The summed E-state index contributed by atoms with van der Waals surface area (Å²) >= 11 is 0. The number of rotatable bonds is 1. The van der Waals surface area contributed by atoms with Crippen LogP contribution in [0.1, 0.15) is 23.0 Å². The number of aromatic nitrogens is 2. The van der Waals surface area contributed by atoms with E-state index in [1.165, 1.54) is 19.1 Å². The molecule has 3 nitrogen and oxygen atoms in total. The Hall–Kier alpha value is -2.23. The van der Waals surface area contributed by atoms with E-state index in [-0.39, 0.29) is 11.6 Å². The molecule has 3 rings (SSSR count). The maximum Gasteiger partial charge on any atom is 0.178 e. The van der Waals surface area contributed by atoms with Crippen molar-refractivity contribution in [1.82, 2.24) is 9.55 Å². The molecule has 0 aliphatic heterocycles. The highest BCUT2D eigenvalue weighted by Gasteiger charge is 2.14. The highest BCUT2D eigenvalue weighted by atomic mass is 19.1. The summed E-state index contributed by atoms with van der Waals surface area (Å²) < 4.78 is 15.3. The molecule has 19 heavy (non-hydrogen) atoms. The van der Waals surface area contributed by atoms with E-state index < -0.39 is 0 Å². The molecule has 0 fully saturated rings. The Labute approximate surface area is 109 Å². The maximum atomic E-state index is 13.4. The molecule has 0 aliphatic carbocycles. The largest absolute Gasteiger partial charge is 0.328 e. The van der Waals surface area contributed by atoms with Gasteiger partial charge in [-0.25, -0.2) is 9.37 Å². The predicted molar refractivity (Wildman–Crippen MR) is 72.9 cm³/mol. The van der Waals surface area contributed by atoms with E-state index in [1.54, 1.807) is 12.1 Å². The van der Waals surface area contributed by atoms with Crippen molar-refractivity contribution in [2.24, 2.45) is 7.05 Å². The third kappa shape index (κ3) is 1.63. The van der Waals surface area contributed by atoms with E-state index in [0.29, 0.717) is 11.3 Å². The van der Waals surface area contributed by atoms with Crippen molar-refractivity contribution < 1.29 is 9.18 Å². The number of hydrogen-bond donors (Lipinski definition) is 0. The van der Waals surface area contributed by atoms with Gasteiger partial charge >= 0.3 is 0 Å². The van der Waals surface area contributed by atoms with Crippen molar-refractivity contribution in [1.29, 1.82) is 0 Å². The lowest BCUT2D eigenvalue weighted by atomic mass is 10.1. The summed E-state index contributed by atoms with van der Waals surface area (Å²) in [4.78, 5) is 15.9. The summed E-state index contributed by atoms with van der Waals surface area (Å²) in [6.45, 7) is 3.41. The molecule has 0 amide bonds. The number of benzene rings is 1. The number of Topliss-reactive ketones (excluding diaryl/α,β-unsaturated/α-hetero) is 1. The van der Waals surface area contributed by atoms with Crippen molar-refractivity contribution in [3.8, 4) is 0 Å². The number of carbonyl (C=O) groups is 1. The summed E-state index contributed by atoms with van der Waals surface area (Å²) in [5, 5.41) is 1.74. The zero-order valence-corrected chi connectivity index (χ0v) is 11.0. The van der Waals surface area contributed by atoms with Gasteiger partial charge in [-0.2, -0.15) is 0 Å². The van der Waals surface area contributed by atoms with Crippen molar-refractivity contribution in [2.75, 3.05) is 0 Å². The van der Waals surface area contributed by atoms with Crippen LogP contribution in [0.15, 0.2) is 24.3 Å². The fraction of sp³-hybridized carbons (Fsp3) is 0.200. The Balaban J connectivity index is 2.55. The summed E-state index contributed by atoms with van der Waals surface area (Å²) in [5.74, 6) is -0.337. The first-order chi connectivity index (χ1) is 8.99. The zero-order chi connectivity index (χ0) is 13.7. The fourth-order valence-corrected chi connectivity index (χ4v) is 2.53. The van der Waals surface area contributed by atoms with E-state index in [1.807, 2.05) is 18.5 Å². The minimum Gasteiger partial charge on any atom is -0.328 e. The summed E-state index contributed by atoms with van der Waals surface area (Å²) in [6, 6.07) is 6.44. The van der Waals surface area contributed by atoms with Gasteiger partial charge in [0.2, 0.25) is 0 Å². The number of pyridine rings is 1. The molecule has 0 spiro atoms. The zero-order valence-electron chi connectivity index (χ0n) is 11.0. The average Bonchev–Trinajstić information content (AvgIpc) is 2.63. The lowest BCUT2D eigenvalue weighted by Crippen LogP contribution is -2.00. The van der Waals surface area contributed by atoms with Crippen molar-refractivity contribution in [2.45, 2.75) is 13.8 Å². The smallest absolute Gasteiger partial charge is 0.178 e. The van der Waals surface area contributed by atoms with Crippen molar-refractivity contribution in [3.63, 3.8) is 0 Å². The number of nitrogens with zero attached hydrogens (tertiary/aromatic N) is 2. The first-order valence-electron chi connectivity index (χ1n) is 6.05. The normalized spacial score (nSPS) is 11.4. The first kappa shape index (κ1) is 11.8. The molecule has 0 N–H and O–H groups in total. The second kappa shape index (κ2) is 3.88. The summed E-state index contributed by atoms with van der Waals surface area (Å²) in [5.41, 5.74) is 3.00. The third-order valence-electron chi connectivity index (χ3n) is 3.47. The van der Waals surface area contributed by atoms with Crippen LogP contribution in [-0.4, -0.2) is 15.3 Å². The molecule has 0 unspecified atom stereocenters. The van der Waals surface area contributed by atoms with E-state index in [2.05, 4.69) is 4.98 Å². The molecule has 96 valence electrons. The minimum atomic E-state index is -0.268. The molecule has 0 atom stereocenters. The Morgan fingerprint density at radius 1 is 1.32 bits per heavy atom. The quantitative estimate of drug-likeness (QED) is 0.626. The number of halogens is 1. The lowest BCUT2D eigenvalue weighted by Gasteiger charge is -2.02. The van der Waals surface area contributed by atoms with E-state index in [4.69, 9.17) is 0 Å². The van der Waals surface area contributed by atoms with Gasteiger partial charge < -0.3 is 4.57 Å². The van der Waals surface area contributed by atoms with Gasteiger partial charge in [0.1, 0.15) is 17.2 Å². The van der Waals surface area contributed by atoms with Gasteiger partial charge in [-0.15, -0.1) is 0 Å². The molecule has 2 heterocycles. The Bertz CT molecular complexity index is 833. The van der Waals surface area contributed by atoms with Crippen LogP contribution >= 0.6 is 0 Å². The minimum absolute atomic E-state index is 0.0681. The topological polar surface area (TPSA) is 34.9 Å². The first-order valence-corrected chi connectivity index (χ1v) is 6.05. The number of hydrogen-bond acceptors (Lipinski definition) is 2. The van der Waals surface area contributed by atoms with Crippen LogP contribution < -0.4 is 0 Å². The Morgan fingerprint density at radius 2 is 2.05 bits per heavy atom. The fourth-order valence-electron chi connectivity index (χ4n) is 2.53. The molecule has 0 aliphatic rings. The van der Waals surface area contributed by atoms with Crippen molar-refractivity contribution >= 4 is 27.7 Å². The highest BCUT2D eigenvalue weighted by Crippen LogP contribution is 2.30. The van der Waals surface area contributed by atoms with Crippen LogP contribution in [0, 0.1) is 12.7 Å². The molecular formula is C15H13FN2O. The van der Waals surface area contributed by atoms with Gasteiger partial charge in [0.25, 0.3) is 0 Å². The molecule has 1 aromatic carbocycles. The second-order valence-electron chi connectivity index (χ2n) is 4.80. The van der Waals surface area contributed by atoms with E-state index >= 15 is 0 Å². The third-order valence-corrected chi connectivity index (χ3v) is 3.47. The molecular weight excluding hydrogens is 243 g/mol.